The van der Waals surface area contributed by atoms with Gasteiger partial charge in [-0.05, 0) is 0 Å². The van der Waals surface area contributed by atoms with Crippen molar-refractivity contribution >= 4 is 0 Å². The van der Waals surface area contributed by atoms with Gasteiger partial charge in [-0.25, -0.2) is 0 Å². The van der Waals surface area contributed by atoms with Gasteiger partial charge in [0.05, 0.1) is 0 Å². The van der Waals surface area contributed by atoms with Crippen molar-refractivity contribution < 1.29 is 38.7 Å². The molecule has 17 heavy (non-hydrogen) atoms. The number of aromatic nitrogens is 2. The molecule has 0 aliphatic heterocycles. The molecule has 0 fully saturated rings. The second-order valence-corrected chi connectivity index (χ2v) is 3.24. The zero-order valence-electron chi connectivity index (χ0n) is 9.25. The first kappa shape index (κ1) is 15.8. The molecule has 0 aromatic carbocycles. The van der Waals surface area contributed by atoms with Crippen LogP contribution in [0.25, 0.3) is 0 Å². The lowest BCUT2D eigenvalue weighted by Gasteiger charge is -1.96. The first-order valence-electron chi connectivity index (χ1n) is 4.91. The maximum atomic E-state index is 5.53. The highest BCUT2D eigenvalue weighted by Gasteiger charge is 2.01. The summed E-state index contributed by atoms with van der Waals surface area (Å²) < 4.78 is 9.51. The van der Waals surface area contributed by atoms with Gasteiger partial charge in [0.2, 0.25) is 0 Å². The summed E-state index contributed by atoms with van der Waals surface area (Å²) in [5, 5.41) is 0. The van der Waals surface area contributed by atoms with E-state index in [0.717, 1.165) is 0 Å². The minimum absolute atomic E-state index is 0. The van der Waals surface area contributed by atoms with E-state index in [-0.39, 0.29) is 24.8 Å². The molecular weight excluding hydrogens is 259 g/mol. The minimum atomic E-state index is 0. The van der Waals surface area contributed by atoms with E-state index in [2.05, 4.69) is 0 Å². The van der Waals surface area contributed by atoms with Crippen LogP contribution in [-0.2, 0) is 18.2 Å². The van der Waals surface area contributed by atoms with Gasteiger partial charge in [-0.1, -0.05) is 12.1 Å². The summed E-state index contributed by atoms with van der Waals surface area (Å²) in [5.41, 5.74) is 0. The molecule has 3 nitrogen and oxygen atoms in total. The Bertz CT molecular complexity index is 358. The van der Waals surface area contributed by atoms with E-state index in [4.69, 9.17) is 4.74 Å². The van der Waals surface area contributed by atoms with Gasteiger partial charge in [0.15, 0.2) is 24.8 Å². The van der Waals surface area contributed by atoms with Gasteiger partial charge in [0.25, 0.3) is 13.5 Å². The van der Waals surface area contributed by atoms with Crippen LogP contribution in [-0.4, -0.2) is 0 Å². The molecule has 2 rings (SSSR count). The van der Waals surface area contributed by atoms with Crippen molar-refractivity contribution in [2.45, 2.75) is 13.5 Å². The highest BCUT2D eigenvalue weighted by molar-refractivity contribution is 4.83. The quantitative estimate of drug-likeness (QED) is 0.509. The molecule has 2 aromatic heterocycles. The molecule has 0 spiro atoms. The third-order valence-corrected chi connectivity index (χ3v) is 2.04. The number of hydrogen-bond acceptors (Lipinski definition) is 1. The van der Waals surface area contributed by atoms with E-state index in [1.54, 1.807) is 0 Å². The van der Waals surface area contributed by atoms with Crippen molar-refractivity contribution in [3.63, 3.8) is 0 Å². The first-order valence-corrected chi connectivity index (χ1v) is 4.91. The summed E-state index contributed by atoms with van der Waals surface area (Å²) in [5.74, 6) is 0. The fraction of sp³-hybridized carbons (Fsp3) is 0.167. The number of hydrogen-bond donors (Lipinski definition) is 0. The third-order valence-electron chi connectivity index (χ3n) is 2.04. The van der Waals surface area contributed by atoms with E-state index < -0.39 is 0 Å². The van der Waals surface area contributed by atoms with E-state index in [0.29, 0.717) is 13.5 Å². The Kier molecular flexibility index (Phi) is 8.32. The van der Waals surface area contributed by atoms with Crippen molar-refractivity contribution in [1.29, 1.82) is 0 Å². The van der Waals surface area contributed by atoms with Crippen LogP contribution >= 0.6 is 0 Å². The van der Waals surface area contributed by atoms with E-state index in [1.165, 1.54) is 0 Å². The fourth-order valence-electron chi connectivity index (χ4n) is 1.29. The Morgan fingerprint density at radius 1 is 0.588 bits per heavy atom. The van der Waals surface area contributed by atoms with E-state index in [9.17, 15) is 0 Å². The standard InChI is InChI=1S/C12H14N2O.2ClH/c1-3-7-13(8-4-1)11-15-12-14-9-5-2-6-10-14;;/h1-10H,11-12H2;2*1H/q+2;;/p-2. The smallest absolute Gasteiger partial charge is 0.257 e. The summed E-state index contributed by atoms with van der Waals surface area (Å²) in [6.45, 7) is 1.14. The Morgan fingerprint density at radius 2 is 0.941 bits per heavy atom. The molecule has 0 unspecified atom stereocenters. The Balaban J connectivity index is 0.00000128. The number of nitrogens with zero attached hydrogens (tertiary/aromatic N) is 2. The summed E-state index contributed by atoms with van der Waals surface area (Å²) in [4.78, 5) is 0. The molecule has 0 saturated carbocycles. The highest BCUT2D eigenvalue weighted by atomic mass is 35.5. The monoisotopic (exact) mass is 272 g/mol. The highest BCUT2D eigenvalue weighted by Crippen LogP contribution is 1.81. The van der Waals surface area contributed by atoms with Gasteiger partial charge in [0.1, 0.15) is 0 Å². The molecule has 0 aliphatic rings. The normalized spacial score (nSPS) is 8.94. The van der Waals surface area contributed by atoms with E-state index >= 15 is 0 Å². The van der Waals surface area contributed by atoms with Crippen LogP contribution in [0.2, 0.25) is 0 Å². The topological polar surface area (TPSA) is 17.0 Å². The van der Waals surface area contributed by atoms with Crippen LogP contribution in [0.15, 0.2) is 61.2 Å². The lowest BCUT2D eigenvalue weighted by Crippen LogP contribution is -3.00. The Morgan fingerprint density at radius 3 is 1.29 bits per heavy atom. The van der Waals surface area contributed by atoms with Gasteiger partial charge in [0, 0.05) is 24.3 Å². The molecule has 0 bridgehead atoms. The van der Waals surface area contributed by atoms with Crippen molar-refractivity contribution in [3.05, 3.63) is 61.2 Å². The lowest BCUT2D eigenvalue weighted by molar-refractivity contribution is -0.788. The van der Waals surface area contributed by atoms with Crippen molar-refractivity contribution in [1.82, 2.24) is 0 Å². The molecule has 0 saturated heterocycles. The number of ether oxygens (including phenoxy) is 1. The number of rotatable bonds is 4. The van der Waals surface area contributed by atoms with Gasteiger partial charge >= 0.3 is 0 Å². The predicted molar refractivity (Wildman–Crippen MR) is 54.4 cm³/mol. The molecule has 0 radical (unpaired) electrons. The maximum Gasteiger partial charge on any atom is 0.257 e. The lowest BCUT2D eigenvalue weighted by atomic mass is 10.5. The maximum absolute atomic E-state index is 5.53. The Hall–Kier alpha value is -1.16. The molecule has 0 aliphatic carbocycles. The van der Waals surface area contributed by atoms with Crippen LogP contribution in [0.4, 0.5) is 0 Å². The molecule has 0 N–H and O–H groups in total. The SMILES string of the molecule is [Cl-].[Cl-].c1cc[n+](COC[n+]2ccccc2)cc1. The molecule has 0 amide bonds. The third kappa shape index (κ3) is 5.63. The molecular formula is C12H14Cl2N2O. The van der Waals surface area contributed by atoms with Gasteiger partial charge in [-0.3, -0.25) is 4.74 Å². The van der Waals surface area contributed by atoms with Crippen LogP contribution in [0.3, 0.4) is 0 Å². The van der Waals surface area contributed by atoms with Crippen molar-refractivity contribution in [3.8, 4) is 0 Å². The first-order chi connectivity index (χ1) is 7.45. The molecule has 2 heterocycles. The molecule has 92 valence electrons. The van der Waals surface area contributed by atoms with Gasteiger partial charge < -0.3 is 24.8 Å². The summed E-state index contributed by atoms with van der Waals surface area (Å²) in [7, 11) is 0. The predicted octanol–water partition coefficient (Wildman–Crippen LogP) is -5.10. The average Bonchev–Trinajstić information content (AvgIpc) is 2.32. The Labute approximate surface area is 113 Å². The fourth-order valence-corrected chi connectivity index (χ4v) is 1.29. The summed E-state index contributed by atoms with van der Waals surface area (Å²) in [6.07, 6.45) is 7.93. The van der Waals surface area contributed by atoms with Crippen LogP contribution in [0, 0.1) is 0 Å². The average molecular weight is 273 g/mol. The zero-order chi connectivity index (χ0) is 10.3. The van der Waals surface area contributed by atoms with Gasteiger partial charge in [-0.15, -0.1) is 0 Å². The van der Waals surface area contributed by atoms with Crippen molar-refractivity contribution in [2.24, 2.45) is 0 Å². The summed E-state index contributed by atoms with van der Waals surface area (Å²) >= 11 is 0. The zero-order valence-corrected chi connectivity index (χ0v) is 10.8. The minimum Gasteiger partial charge on any atom is -1.00 e. The molecule has 2 aromatic rings. The largest absolute Gasteiger partial charge is 1.00 e. The number of pyridine rings is 2. The van der Waals surface area contributed by atoms with Crippen LogP contribution < -0.4 is 33.9 Å². The summed E-state index contributed by atoms with van der Waals surface area (Å²) in [6, 6.07) is 11.9. The van der Waals surface area contributed by atoms with E-state index in [1.807, 2.05) is 70.3 Å². The molecule has 0 atom stereocenters. The van der Waals surface area contributed by atoms with Crippen molar-refractivity contribution in [2.75, 3.05) is 0 Å². The van der Waals surface area contributed by atoms with Gasteiger partial charge in [-0.2, -0.15) is 9.13 Å². The molecule has 5 heteroatoms. The van der Waals surface area contributed by atoms with Crippen LogP contribution in [0.1, 0.15) is 0 Å². The number of halogens is 2. The van der Waals surface area contributed by atoms with Crippen LogP contribution in [0.5, 0.6) is 0 Å². The second kappa shape index (κ2) is 8.93. The second-order valence-electron chi connectivity index (χ2n) is 3.24.